The third kappa shape index (κ3) is 2.70. The predicted octanol–water partition coefficient (Wildman–Crippen LogP) is 2.29. The topological polar surface area (TPSA) is 55.6 Å². The summed E-state index contributed by atoms with van der Waals surface area (Å²) in [6.45, 7) is 7.08. The van der Waals surface area contributed by atoms with E-state index in [-0.39, 0.29) is 0 Å². The summed E-state index contributed by atoms with van der Waals surface area (Å²) >= 11 is 0. The van der Waals surface area contributed by atoms with Gasteiger partial charge in [-0.15, -0.1) is 0 Å². The lowest BCUT2D eigenvalue weighted by Gasteiger charge is -2.29. The molecule has 0 bridgehead atoms. The Labute approximate surface area is 102 Å². The van der Waals surface area contributed by atoms with E-state index in [1.165, 1.54) is 7.11 Å². The van der Waals surface area contributed by atoms with E-state index < -0.39 is 5.97 Å². The molecule has 4 nitrogen and oxygen atoms in total. The highest BCUT2D eigenvalue weighted by Crippen LogP contribution is 2.28. The van der Waals surface area contributed by atoms with Crippen LogP contribution in [0.15, 0.2) is 18.2 Å². The number of rotatable bonds is 4. The fraction of sp³-hybridized carbons (Fsp3) is 0.462. The van der Waals surface area contributed by atoms with E-state index in [0.717, 1.165) is 12.2 Å². The number of benzene rings is 1. The van der Waals surface area contributed by atoms with Gasteiger partial charge in [0.05, 0.1) is 24.0 Å². The molecule has 0 aliphatic rings. The maximum atomic E-state index is 11.5. The number of carbonyl (C=O) groups is 1. The Kier molecular flexibility index (Phi) is 4.37. The van der Waals surface area contributed by atoms with Crippen LogP contribution in [0.1, 0.15) is 31.1 Å². The quantitative estimate of drug-likeness (QED) is 0.643. The zero-order chi connectivity index (χ0) is 13.0. The Morgan fingerprint density at radius 3 is 2.59 bits per heavy atom. The van der Waals surface area contributed by atoms with Crippen LogP contribution >= 0.6 is 0 Å². The minimum absolute atomic E-state index is 0.329. The molecule has 0 amide bonds. The Morgan fingerprint density at radius 2 is 2.12 bits per heavy atom. The van der Waals surface area contributed by atoms with Crippen LogP contribution in [0.25, 0.3) is 0 Å². The van der Waals surface area contributed by atoms with Crippen molar-refractivity contribution >= 4 is 17.3 Å². The predicted molar refractivity (Wildman–Crippen MR) is 70.3 cm³/mol. The number of hydrogen-bond acceptors (Lipinski definition) is 4. The second kappa shape index (κ2) is 5.57. The molecule has 0 atom stereocenters. The highest BCUT2D eigenvalue weighted by atomic mass is 16.5. The number of para-hydroxylation sites is 1. The van der Waals surface area contributed by atoms with Crippen LogP contribution < -0.4 is 10.6 Å². The van der Waals surface area contributed by atoms with Gasteiger partial charge in [0, 0.05) is 12.6 Å². The van der Waals surface area contributed by atoms with Gasteiger partial charge in [0.15, 0.2) is 0 Å². The maximum Gasteiger partial charge on any atom is 0.340 e. The van der Waals surface area contributed by atoms with Crippen LogP contribution in [0.4, 0.5) is 11.4 Å². The first kappa shape index (κ1) is 13.4. The van der Waals surface area contributed by atoms with Gasteiger partial charge in [0.1, 0.15) is 0 Å². The zero-order valence-electron chi connectivity index (χ0n) is 10.9. The maximum absolute atomic E-state index is 11.5. The number of nitrogens with zero attached hydrogens (tertiary/aromatic N) is 1. The largest absolute Gasteiger partial charge is 0.465 e. The van der Waals surface area contributed by atoms with Gasteiger partial charge in [-0.2, -0.15) is 0 Å². The third-order valence-corrected chi connectivity index (χ3v) is 2.76. The van der Waals surface area contributed by atoms with E-state index in [1.54, 1.807) is 6.07 Å². The van der Waals surface area contributed by atoms with E-state index in [1.807, 2.05) is 12.1 Å². The molecule has 0 unspecified atom stereocenters. The molecule has 0 spiro atoms. The molecule has 2 N–H and O–H groups in total. The van der Waals surface area contributed by atoms with Crippen molar-refractivity contribution in [3.8, 4) is 0 Å². The normalized spacial score (nSPS) is 10.4. The number of ether oxygens (including phenoxy) is 1. The van der Waals surface area contributed by atoms with Crippen molar-refractivity contribution in [2.45, 2.75) is 26.8 Å². The Morgan fingerprint density at radius 1 is 1.47 bits per heavy atom. The lowest BCUT2D eigenvalue weighted by Crippen LogP contribution is -2.31. The summed E-state index contributed by atoms with van der Waals surface area (Å²) in [6, 6.07) is 5.75. The van der Waals surface area contributed by atoms with E-state index in [2.05, 4.69) is 25.7 Å². The molecule has 0 fully saturated rings. The van der Waals surface area contributed by atoms with Crippen LogP contribution in [0.2, 0.25) is 0 Å². The average Bonchev–Trinajstić information content (AvgIpc) is 2.31. The SMILES string of the molecule is CCN(c1cccc(C(=O)OC)c1N)C(C)C. The molecular weight excluding hydrogens is 216 g/mol. The fourth-order valence-electron chi connectivity index (χ4n) is 1.91. The van der Waals surface area contributed by atoms with Gasteiger partial charge in [-0.1, -0.05) is 6.07 Å². The lowest BCUT2D eigenvalue weighted by molar-refractivity contribution is 0.0602. The fourth-order valence-corrected chi connectivity index (χ4v) is 1.91. The van der Waals surface area contributed by atoms with Crippen molar-refractivity contribution in [3.05, 3.63) is 23.8 Å². The summed E-state index contributed by atoms with van der Waals surface area (Å²) in [6.07, 6.45) is 0. The number of esters is 1. The number of nitrogen functional groups attached to an aromatic ring is 1. The first-order chi connectivity index (χ1) is 8.02. The Hall–Kier alpha value is -1.71. The van der Waals surface area contributed by atoms with Crippen molar-refractivity contribution in [1.82, 2.24) is 0 Å². The van der Waals surface area contributed by atoms with Crippen LogP contribution in [-0.4, -0.2) is 25.7 Å². The molecule has 1 aromatic carbocycles. The van der Waals surface area contributed by atoms with Gasteiger partial charge in [-0.3, -0.25) is 0 Å². The third-order valence-electron chi connectivity index (χ3n) is 2.76. The van der Waals surface area contributed by atoms with Crippen LogP contribution in [-0.2, 0) is 4.74 Å². The van der Waals surface area contributed by atoms with Crippen LogP contribution in [0.5, 0.6) is 0 Å². The summed E-state index contributed by atoms with van der Waals surface area (Å²) in [5, 5.41) is 0. The molecular formula is C13H20N2O2. The van der Waals surface area contributed by atoms with Crippen molar-refractivity contribution in [2.24, 2.45) is 0 Å². The summed E-state index contributed by atoms with van der Waals surface area (Å²) in [5.41, 5.74) is 7.81. The molecule has 0 heterocycles. The summed E-state index contributed by atoms with van der Waals surface area (Å²) in [4.78, 5) is 13.7. The molecule has 1 aromatic rings. The number of carbonyl (C=O) groups excluding carboxylic acids is 1. The van der Waals surface area contributed by atoms with E-state index in [4.69, 9.17) is 10.5 Å². The highest BCUT2D eigenvalue weighted by molar-refractivity contribution is 5.98. The first-order valence-electron chi connectivity index (χ1n) is 5.76. The van der Waals surface area contributed by atoms with E-state index in [9.17, 15) is 4.79 Å². The lowest BCUT2D eigenvalue weighted by atomic mass is 10.1. The molecule has 0 aromatic heterocycles. The van der Waals surface area contributed by atoms with Crippen LogP contribution in [0.3, 0.4) is 0 Å². The molecule has 94 valence electrons. The number of methoxy groups -OCH3 is 1. The van der Waals surface area contributed by atoms with Crippen LogP contribution in [0, 0.1) is 0 Å². The molecule has 0 saturated carbocycles. The summed E-state index contributed by atoms with van der Waals surface area (Å²) in [5.74, 6) is -0.399. The average molecular weight is 236 g/mol. The van der Waals surface area contributed by atoms with Crippen molar-refractivity contribution in [2.75, 3.05) is 24.3 Å². The van der Waals surface area contributed by atoms with Gasteiger partial charge in [-0.25, -0.2) is 4.79 Å². The summed E-state index contributed by atoms with van der Waals surface area (Å²) < 4.78 is 4.71. The van der Waals surface area contributed by atoms with E-state index >= 15 is 0 Å². The van der Waals surface area contributed by atoms with Gasteiger partial charge in [0.2, 0.25) is 0 Å². The van der Waals surface area contributed by atoms with Crippen molar-refractivity contribution < 1.29 is 9.53 Å². The molecule has 1 rings (SSSR count). The first-order valence-corrected chi connectivity index (χ1v) is 5.76. The zero-order valence-corrected chi connectivity index (χ0v) is 10.9. The van der Waals surface area contributed by atoms with Gasteiger partial charge in [0.25, 0.3) is 0 Å². The monoisotopic (exact) mass is 236 g/mol. The molecule has 17 heavy (non-hydrogen) atoms. The number of hydrogen-bond donors (Lipinski definition) is 1. The molecule has 0 radical (unpaired) electrons. The molecule has 4 heteroatoms. The Bertz CT molecular complexity index is 402. The van der Waals surface area contributed by atoms with Crippen molar-refractivity contribution in [1.29, 1.82) is 0 Å². The minimum atomic E-state index is -0.399. The minimum Gasteiger partial charge on any atom is -0.465 e. The van der Waals surface area contributed by atoms with Gasteiger partial charge >= 0.3 is 5.97 Å². The second-order valence-corrected chi connectivity index (χ2v) is 4.11. The molecule has 0 saturated heterocycles. The van der Waals surface area contributed by atoms with E-state index in [0.29, 0.717) is 17.3 Å². The van der Waals surface area contributed by atoms with Crippen molar-refractivity contribution in [3.63, 3.8) is 0 Å². The number of nitrogens with two attached hydrogens (primary N) is 1. The molecule has 0 aliphatic heterocycles. The Balaban J connectivity index is 3.22. The smallest absolute Gasteiger partial charge is 0.340 e. The van der Waals surface area contributed by atoms with Gasteiger partial charge < -0.3 is 15.4 Å². The highest BCUT2D eigenvalue weighted by Gasteiger charge is 2.17. The summed E-state index contributed by atoms with van der Waals surface area (Å²) in [7, 11) is 1.36. The molecule has 0 aliphatic carbocycles. The second-order valence-electron chi connectivity index (χ2n) is 4.11. The van der Waals surface area contributed by atoms with Gasteiger partial charge in [-0.05, 0) is 32.9 Å². The standard InChI is InChI=1S/C13H20N2O2/c1-5-15(9(2)3)11-8-6-7-10(12(11)14)13(16)17-4/h6-9H,5,14H2,1-4H3. The number of anilines is 2.